The number of nitrogens with zero attached hydrogens (tertiary/aromatic N) is 4. The second-order valence-electron chi connectivity index (χ2n) is 5.89. The molecule has 5 heterocycles. The Balaban J connectivity index is 2.08. The maximum absolute atomic E-state index is 11.9. The van der Waals surface area contributed by atoms with Gasteiger partial charge in [0.15, 0.2) is 24.9 Å². The van der Waals surface area contributed by atoms with Gasteiger partial charge in [0.05, 0.1) is 0 Å². The monoisotopic (exact) mass is 490 g/mol. The van der Waals surface area contributed by atoms with Crippen LogP contribution < -0.4 is 0 Å². The van der Waals surface area contributed by atoms with Gasteiger partial charge in [0, 0.05) is 0 Å². The van der Waals surface area contributed by atoms with Gasteiger partial charge < -0.3 is 9.47 Å². The molecule has 0 radical (unpaired) electrons. The van der Waals surface area contributed by atoms with Gasteiger partial charge in [0.1, 0.15) is 12.3 Å². The summed E-state index contributed by atoms with van der Waals surface area (Å²) in [6, 6.07) is 0. The van der Waals surface area contributed by atoms with E-state index in [0.29, 0.717) is 0 Å². The van der Waals surface area contributed by atoms with E-state index in [0.717, 1.165) is 0 Å². The van der Waals surface area contributed by atoms with Crippen LogP contribution in [0.1, 0.15) is 0 Å². The first-order chi connectivity index (χ1) is 12.5. The van der Waals surface area contributed by atoms with Crippen molar-refractivity contribution in [2.75, 3.05) is 0 Å². The Kier molecular flexibility index (Phi) is 4.10. The summed E-state index contributed by atoms with van der Waals surface area (Å²) in [5.41, 5.74) is 0. The Bertz CT molecular complexity index is 1090. The maximum atomic E-state index is 11.9. The number of rotatable bonds is 4. The summed E-state index contributed by atoms with van der Waals surface area (Å²) in [5.74, 6) is 0. The van der Waals surface area contributed by atoms with Gasteiger partial charge in [-0.15, -0.1) is 17.2 Å². The lowest BCUT2D eigenvalue weighted by molar-refractivity contribution is -0.126. The van der Waals surface area contributed by atoms with E-state index >= 15 is 0 Å². The minimum Gasteiger partial charge on any atom is -0.335 e. The number of ether oxygens (including phenoxy) is 2. The number of hydrogen-bond donors (Lipinski definition) is 4. The van der Waals surface area contributed by atoms with Gasteiger partial charge in [0.25, 0.3) is 0 Å². The molecule has 0 aliphatic carbocycles. The zero-order valence-corrected chi connectivity index (χ0v) is 16.0. The lowest BCUT2D eigenvalue weighted by Crippen LogP contribution is -2.73. The zero-order chi connectivity index (χ0) is 21.2. The number of hydrogen-bond acceptors (Lipinski definition) is 10. The van der Waals surface area contributed by atoms with Crippen LogP contribution in [0.15, 0.2) is 0 Å². The molecule has 0 aromatic carbocycles. The maximum Gasteiger partial charge on any atom is 0.340 e. The van der Waals surface area contributed by atoms with Gasteiger partial charge in [-0.25, -0.2) is 0 Å². The summed E-state index contributed by atoms with van der Waals surface area (Å²) in [6.07, 6.45) is -13.5. The Hall–Kier alpha value is -0.600. The largest absolute Gasteiger partial charge is 0.340 e. The van der Waals surface area contributed by atoms with Crippen LogP contribution in [-0.2, 0) is 50.7 Å². The van der Waals surface area contributed by atoms with Crippen LogP contribution in [-0.4, -0.2) is 106 Å². The Morgan fingerprint density at radius 2 is 0.750 bits per heavy atom. The van der Waals surface area contributed by atoms with E-state index in [2.05, 4.69) is 0 Å². The predicted molar refractivity (Wildman–Crippen MR) is 78.4 cm³/mol. The molecule has 5 rings (SSSR count). The molecule has 0 saturated carbocycles. The van der Waals surface area contributed by atoms with E-state index in [1.807, 2.05) is 0 Å². The van der Waals surface area contributed by atoms with Gasteiger partial charge in [-0.1, -0.05) is 0 Å². The summed E-state index contributed by atoms with van der Waals surface area (Å²) in [7, 11) is -21.8. The van der Waals surface area contributed by atoms with E-state index in [4.69, 9.17) is 9.47 Å². The van der Waals surface area contributed by atoms with Crippen molar-refractivity contribution >= 4 is 41.2 Å². The fourth-order valence-corrected chi connectivity index (χ4v) is 7.42. The van der Waals surface area contributed by atoms with Crippen LogP contribution in [0.2, 0.25) is 0 Å². The topological polar surface area (TPSA) is 249 Å². The highest BCUT2D eigenvalue weighted by molar-refractivity contribution is 7.85. The second kappa shape index (κ2) is 5.55. The molecule has 0 amide bonds. The molecule has 28 heavy (non-hydrogen) atoms. The van der Waals surface area contributed by atoms with Gasteiger partial charge >= 0.3 is 41.2 Å². The highest BCUT2D eigenvalue weighted by Gasteiger charge is 2.77. The SMILES string of the molecule is O=S(=O)(O)N1C2OC3C4OC1C(N4S(=O)(=O)O)N(S(=O)(=O)O)C2N3S(=O)(=O)O. The third kappa shape index (κ3) is 2.66. The highest BCUT2D eigenvalue weighted by atomic mass is 32.2. The van der Waals surface area contributed by atoms with Crippen LogP contribution >= 0.6 is 0 Å². The smallest absolute Gasteiger partial charge is 0.335 e. The molecule has 0 aromatic heterocycles. The lowest BCUT2D eigenvalue weighted by atomic mass is 10.2. The summed E-state index contributed by atoms with van der Waals surface area (Å²) in [5, 5.41) is 0. The molecule has 5 aliphatic heterocycles. The molecule has 6 atom stereocenters. The predicted octanol–water partition coefficient (Wildman–Crippen LogP) is -4.55. The molecule has 6 unspecified atom stereocenters. The van der Waals surface area contributed by atoms with Crippen molar-refractivity contribution in [1.29, 1.82) is 0 Å². The average molecular weight is 490 g/mol. The minimum atomic E-state index is -5.54. The Morgan fingerprint density at radius 3 is 1.00 bits per heavy atom. The van der Waals surface area contributed by atoms with Gasteiger partial charge in [0.2, 0.25) is 0 Å². The second-order valence-corrected chi connectivity index (χ2v) is 11.2. The van der Waals surface area contributed by atoms with Gasteiger partial charge in [-0.3, -0.25) is 18.2 Å². The third-order valence-corrected chi connectivity index (χ3v) is 8.25. The summed E-state index contributed by atoms with van der Waals surface area (Å²) in [4.78, 5) is 0. The van der Waals surface area contributed by atoms with E-state index in [9.17, 15) is 51.9 Å². The first-order valence-electron chi connectivity index (χ1n) is 6.80. The average Bonchev–Trinajstić information content (AvgIpc) is 2.88. The summed E-state index contributed by atoms with van der Waals surface area (Å²) in [6.45, 7) is 0. The van der Waals surface area contributed by atoms with Crippen LogP contribution in [0.25, 0.3) is 0 Å². The van der Waals surface area contributed by atoms with Crippen molar-refractivity contribution in [2.24, 2.45) is 0 Å². The van der Waals surface area contributed by atoms with Crippen molar-refractivity contribution in [3.8, 4) is 0 Å². The molecule has 5 fully saturated rings. The quantitative estimate of drug-likeness (QED) is 0.271. The Morgan fingerprint density at radius 1 is 0.464 bits per heavy atom. The molecule has 22 heteroatoms. The van der Waals surface area contributed by atoms with Crippen LogP contribution in [0.3, 0.4) is 0 Å². The van der Waals surface area contributed by atoms with Crippen molar-refractivity contribution in [3.05, 3.63) is 0 Å². The lowest BCUT2D eigenvalue weighted by Gasteiger charge is -2.46. The zero-order valence-electron chi connectivity index (χ0n) is 12.8. The third-order valence-electron chi connectivity index (χ3n) is 4.42. The van der Waals surface area contributed by atoms with E-state index < -0.39 is 78.5 Å². The van der Waals surface area contributed by atoms with E-state index in [-0.39, 0.29) is 17.2 Å². The van der Waals surface area contributed by atoms with Gasteiger partial charge in [-0.05, 0) is 0 Å². The molecule has 0 spiro atoms. The van der Waals surface area contributed by atoms with E-state index in [1.165, 1.54) is 0 Å². The van der Waals surface area contributed by atoms with Crippen molar-refractivity contribution in [2.45, 2.75) is 37.2 Å². The highest BCUT2D eigenvalue weighted by Crippen LogP contribution is 2.51. The molecular weight excluding hydrogens is 480 g/mol. The Labute approximate surface area is 157 Å². The molecule has 6 bridgehead atoms. The standard InChI is InChI=1S/C6H10N4O14S4/c11-25(12,13)7-1-3-10(28(20,21)22)4-2(7)9(27(17,18)19)6(24-4)5(23-3)8(1)26(14,15)16/h1-6H,(H,11,12,13)(H,14,15,16)(H,17,18,19)(H,20,21,22). The first kappa shape index (κ1) is 20.7. The molecule has 5 aliphatic rings. The summed E-state index contributed by atoms with van der Waals surface area (Å²) >= 11 is 0. The van der Waals surface area contributed by atoms with Crippen LogP contribution in [0, 0.1) is 0 Å². The van der Waals surface area contributed by atoms with Crippen molar-refractivity contribution < 1.29 is 61.4 Å². The molecule has 5 saturated heterocycles. The first-order valence-corrected chi connectivity index (χ1v) is 12.4. The van der Waals surface area contributed by atoms with Crippen LogP contribution in [0.5, 0.6) is 0 Å². The molecular formula is C6H10N4O14S4. The van der Waals surface area contributed by atoms with Gasteiger partial charge in [-0.2, -0.15) is 33.7 Å². The van der Waals surface area contributed by atoms with Crippen molar-refractivity contribution in [3.63, 3.8) is 0 Å². The molecule has 0 aromatic rings. The minimum absolute atomic E-state index is 0.0899. The molecule has 4 N–H and O–H groups in total. The number of piperazine rings is 1. The normalized spacial score (nSPS) is 40.4. The fourth-order valence-electron chi connectivity index (χ4n) is 3.72. The molecule has 18 nitrogen and oxygen atoms in total. The summed E-state index contributed by atoms with van der Waals surface area (Å²) < 4.78 is 142. The van der Waals surface area contributed by atoms with E-state index in [1.54, 1.807) is 0 Å². The fraction of sp³-hybridized carbons (Fsp3) is 1.00. The molecule has 162 valence electrons. The van der Waals surface area contributed by atoms with Crippen molar-refractivity contribution in [1.82, 2.24) is 17.2 Å². The van der Waals surface area contributed by atoms with Crippen LogP contribution in [0.4, 0.5) is 0 Å².